The number of pyridine rings is 1. The monoisotopic (exact) mass is 430 g/mol. The van der Waals surface area contributed by atoms with Crippen LogP contribution in [0.4, 0.5) is 26.3 Å². The molecule has 0 radical (unpaired) electrons. The van der Waals surface area contributed by atoms with Crippen LogP contribution in [0.1, 0.15) is 25.5 Å². The van der Waals surface area contributed by atoms with E-state index in [0.29, 0.717) is 0 Å². The minimum atomic E-state index is -6.72. The van der Waals surface area contributed by atoms with Crippen molar-refractivity contribution >= 4 is 20.0 Å². The number of hydrogen-bond donors (Lipinski definition) is 0. The number of alkyl halides is 6. The minimum Gasteiger partial charge on any atom is -0.421 e. The van der Waals surface area contributed by atoms with Crippen molar-refractivity contribution < 1.29 is 47.7 Å². The summed E-state index contributed by atoms with van der Waals surface area (Å²) in [7, 11) is -13.4. The second-order valence-electron chi connectivity index (χ2n) is 4.81. The minimum absolute atomic E-state index is 0.778. The summed E-state index contributed by atoms with van der Waals surface area (Å²) in [6.45, 7) is 5.53. The van der Waals surface area contributed by atoms with E-state index in [9.17, 15) is 43.2 Å². The van der Waals surface area contributed by atoms with Crippen LogP contribution in [0.2, 0.25) is 0 Å². The van der Waals surface area contributed by atoms with Gasteiger partial charge in [-0.1, -0.05) is 19.4 Å². The fourth-order valence-electron chi connectivity index (χ4n) is 1.35. The van der Waals surface area contributed by atoms with Crippen molar-refractivity contribution in [3.05, 3.63) is 34.2 Å². The van der Waals surface area contributed by atoms with E-state index in [4.69, 9.17) is 0 Å². The van der Waals surface area contributed by atoms with Crippen LogP contribution in [0, 0.1) is 6.92 Å². The lowest BCUT2D eigenvalue weighted by Gasteiger charge is -2.22. The van der Waals surface area contributed by atoms with Gasteiger partial charge in [0.2, 0.25) is 0 Å². The fraction of sp³-hybridized carbons (Fsp3) is 0.583. The van der Waals surface area contributed by atoms with Crippen molar-refractivity contribution in [3.8, 4) is 0 Å². The Labute approximate surface area is 146 Å². The van der Waals surface area contributed by atoms with E-state index in [1.807, 2.05) is 0 Å². The second-order valence-corrected chi connectivity index (χ2v) is 8.23. The quantitative estimate of drug-likeness (QED) is 0.531. The van der Waals surface area contributed by atoms with Gasteiger partial charge >= 0.3 is 11.0 Å². The Kier molecular flexibility index (Phi) is 8.50. The summed E-state index contributed by atoms with van der Waals surface area (Å²) in [5, 5.41) is 0. The molecule has 1 rings (SSSR count). The molecule has 0 aliphatic heterocycles. The Bertz CT molecular complexity index is 747. The van der Waals surface area contributed by atoms with Crippen molar-refractivity contribution in [1.82, 2.24) is 0 Å². The fourth-order valence-corrected chi connectivity index (χ4v) is 3.06. The zero-order valence-corrected chi connectivity index (χ0v) is 15.2. The Morgan fingerprint density at radius 3 is 1.77 bits per heavy atom. The number of rotatable bonds is 5. The van der Waals surface area contributed by atoms with Crippen molar-refractivity contribution in [2.45, 2.75) is 44.3 Å². The van der Waals surface area contributed by atoms with Gasteiger partial charge in [0.1, 0.15) is 6.54 Å². The smallest absolute Gasteiger partial charge is 0.421 e. The Morgan fingerprint density at radius 1 is 0.962 bits per heavy atom. The predicted molar refractivity (Wildman–Crippen MR) is 79.6 cm³/mol. The third-order valence-electron chi connectivity index (χ3n) is 2.70. The molecule has 0 N–H and O–H groups in total. The van der Waals surface area contributed by atoms with Gasteiger partial charge in [0.25, 0.3) is 0 Å². The molecule has 0 bridgehead atoms. The molecule has 0 fully saturated rings. The summed E-state index contributed by atoms with van der Waals surface area (Å²) in [6, 6.07) is 6.32. The molecule has 14 heteroatoms. The van der Waals surface area contributed by atoms with Gasteiger partial charge in [0.05, 0.1) is 0 Å². The van der Waals surface area contributed by atoms with E-state index in [0.717, 1.165) is 10.7 Å². The molecule has 0 amide bonds. The standard InChI is InChI=1S/C10H16N.C2F6NO4S2/c1-3-4-8-11-9-6-5-7-10(11)2;3-1(4,5)14(10,11)9-15(12,13)2(6,7)8/h5-7,9H,3-4,8H2,1-2H3;/q+1;-1. The number of hydrogen-bond acceptors (Lipinski definition) is 4. The highest BCUT2D eigenvalue weighted by atomic mass is 32.3. The molecule has 0 spiro atoms. The molecule has 0 aliphatic carbocycles. The molecule has 1 heterocycles. The van der Waals surface area contributed by atoms with Crippen molar-refractivity contribution in [3.63, 3.8) is 0 Å². The van der Waals surface area contributed by atoms with Crippen LogP contribution < -0.4 is 4.57 Å². The largest absolute Gasteiger partial charge is 0.480 e. The highest BCUT2D eigenvalue weighted by molar-refractivity contribution is 8.13. The van der Waals surface area contributed by atoms with Gasteiger partial charge in [-0.25, -0.2) is 21.4 Å². The molecular weight excluding hydrogens is 414 g/mol. The zero-order valence-electron chi connectivity index (χ0n) is 13.5. The first-order chi connectivity index (χ1) is 11.5. The molecule has 26 heavy (non-hydrogen) atoms. The van der Waals surface area contributed by atoms with E-state index in [1.54, 1.807) is 0 Å². The Balaban J connectivity index is 0.000000502. The third-order valence-corrected chi connectivity index (χ3v) is 5.44. The molecule has 6 nitrogen and oxygen atoms in total. The average molecular weight is 430 g/mol. The van der Waals surface area contributed by atoms with E-state index in [2.05, 4.69) is 42.8 Å². The molecule has 0 unspecified atom stereocenters. The Hall–Kier alpha value is -1.41. The maximum absolute atomic E-state index is 11.4. The summed E-state index contributed by atoms with van der Waals surface area (Å²) in [5.74, 6) is 0. The molecule has 1 aromatic heterocycles. The summed E-state index contributed by atoms with van der Waals surface area (Å²) >= 11 is 0. The van der Waals surface area contributed by atoms with Crippen molar-refractivity contribution in [2.75, 3.05) is 0 Å². The lowest BCUT2D eigenvalue weighted by atomic mass is 10.3. The number of sulfonamides is 2. The molecule has 152 valence electrons. The van der Waals surface area contributed by atoms with Crippen molar-refractivity contribution in [1.29, 1.82) is 0 Å². The lowest BCUT2D eigenvalue weighted by molar-refractivity contribution is -0.703. The van der Waals surface area contributed by atoms with Crippen LogP contribution in [0.15, 0.2) is 24.4 Å². The van der Waals surface area contributed by atoms with E-state index in [1.165, 1.54) is 18.5 Å². The number of aromatic nitrogens is 1. The number of unbranched alkanes of at least 4 members (excludes halogenated alkanes) is 1. The average Bonchev–Trinajstić information content (AvgIpc) is 2.43. The SMILES string of the molecule is CCCC[n+]1ccccc1C.O=S(=O)([N-]S(=O)(=O)C(F)(F)F)C(F)(F)F. The molecule has 0 aliphatic rings. The van der Waals surface area contributed by atoms with Crippen LogP contribution in [0.25, 0.3) is 4.13 Å². The lowest BCUT2D eigenvalue weighted by Crippen LogP contribution is -2.36. The zero-order chi connectivity index (χ0) is 20.8. The van der Waals surface area contributed by atoms with E-state index >= 15 is 0 Å². The normalized spacial score (nSPS) is 13.1. The summed E-state index contributed by atoms with van der Waals surface area (Å²) in [4.78, 5) is 0. The van der Waals surface area contributed by atoms with Crippen LogP contribution in [-0.4, -0.2) is 27.9 Å². The van der Waals surface area contributed by atoms with Gasteiger partial charge in [0, 0.05) is 25.5 Å². The summed E-state index contributed by atoms with van der Waals surface area (Å²) in [6.07, 6.45) is 4.68. The Morgan fingerprint density at radius 2 is 1.42 bits per heavy atom. The van der Waals surface area contributed by atoms with Crippen LogP contribution >= 0.6 is 0 Å². The van der Waals surface area contributed by atoms with Gasteiger partial charge in [-0.2, -0.15) is 26.3 Å². The van der Waals surface area contributed by atoms with Crippen LogP contribution in [0.5, 0.6) is 0 Å². The van der Waals surface area contributed by atoms with Gasteiger partial charge in [-0.15, -0.1) is 0 Å². The highest BCUT2D eigenvalue weighted by Crippen LogP contribution is 2.36. The maximum Gasteiger partial charge on any atom is 0.480 e. The van der Waals surface area contributed by atoms with Crippen LogP contribution in [-0.2, 0) is 26.6 Å². The molecular formula is C12H16F6N2O4S2. The van der Waals surface area contributed by atoms with Gasteiger partial charge in [0.15, 0.2) is 31.9 Å². The van der Waals surface area contributed by atoms with Crippen LogP contribution in [0.3, 0.4) is 0 Å². The topological polar surface area (TPSA) is 86.3 Å². The first kappa shape index (κ1) is 24.6. The second kappa shape index (κ2) is 8.99. The van der Waals surface area contributed by atoms with Gasteiger partial charge in [-0.05, 0) is 0 Å². The van der Waals surface area contributed by atoms with Gasteiger partial charge < -0.3 is 4.13 Å². The number of halogens is 6. The number of aryl methyl sites for hydroxylation is 2. The first-order valence-electron chi connectivity index (χ1n) is 6.87. The van der Waals surface area contributed by atoms with E-state index in [-0.39, 0.29) is 0 Å². The van der Waals surface area contributed by atoms with E-state index < -0.39 is 31.1 Å². The first-order valence-corrected chi connectivity index (χ1v) is 9.75. The maximum atomic E-state index is 11.4. The molecule has 0 atom stereocenters. The molecule has 0 saturated heterocycles. The third kappa shape index (κ3) is 7.45. The number of nitrogens with zero attached hydrogens (tertiary/aromatic N) is 2. The van der Waals surface area contributed by atoms with Crippen molar-refractivity contribution in [2.24, 2.45) is 0 Å². The summed E-state index contributed by atoms with van der Waals surface area (Å²) in [5.41, 5.74) is -11.1. The summed E-state index contributed by atoms with van der Waals surface area (Å²) < 4.78 is 111. The molecule has 1 aromatic rings. The molecule has 0 saturated carbocycles. The van der Waals surface area contributed by atoms with Gasteiger partial charge in [-0.3, -0.25) is 0 Å². The predicted octanol–water partition coefficient (Wildman–Crippen LogP) is 3.14. The highest BCUT2D eigenvalue weighted by Gasteiger charge is 2.46. The molecule has 0 aromatic carbocycles.